The summed E-state index contributed by atoms with van der Waals surface area (Å²) in [6, 6.07) is 22.2. The van der Waals surface area contributed by atoms with Crippen molar-refractivity contribution in [1.82, 2.24) is 0 Å². The SMILES string of the molecule is CCOc1ccccc1OP(Oc1ccccc1OCC)Oc1ccccc1OCC. The van der Waals surface area contributed by atoms with Crippen molar-refractivity contribution in [3.8, 4) is 34.5 Å². The van der Waals surface area contributed by atoms with Gasteiger partial charge in [0.1, 0.15) is 0 Å². The molecular formula is C24H27O6P. The van der Waals surface area contributed by atoms with Crippen LogP contribution < -0.4 is 27.8 Å². The number of hydrogen-bond acceptors (Lipinski definition) is 6. The van der Waals surface area contributed by atoms with Gasteiger partial charge in [-0.05, 0) is 57.2 Å². The number of ether oxygens (including phenoxy) is 3. The predicted octanol–water partition coefficient (Wildman–Crippen LogP) is 6.65. The van der Waals surface area contributed by atoms with Crippen LogP contribution in [0, 0.1) is 0 Å². The second kappa shape index (κ2) is 11.9. The first-order valence-electron chi connectivity index (χ1n) is 10.2. The molecule has 3 aromatic rings. The molecule has 0 heterocycles. The summed E-state index contributed by atoms with van der Waals surface area (Å²) in [4.78, 5) is 0. The van der Waals surface area contributed by atoms with Gasteiger partial charge in [0.05, 0.1) is 19.8 Å². The minimum Gasteiger partial charge on any atom is -0.490 e. The third kappa shape index (κ3) is 6.43. The van der Waals surface area contributed by atoms with Gasteiger partial charge in [-0.3, -0.25) is 0 Å². The zero-order chi connectivity index (χ0) is 21.9. The molecule has 0 saturated heterocycles. The molecule has 0 aliphatic carbocycles. The molecule has 0 aromatic heterocycles. The van der Waals surface area contributed by atoms with Crippen molar-refractivity contribution in [2.24, 2.45) is 0 Å². The summed E-state index contributed by atoms with van der Waals surface area (Å²) in [6.45, 7) is 7.30. The van der Waals surface area contributed by atoms with Gasteiger partial charge in [-0.15, -0.1) is 0 Å². The van der Waals surface area contributed by atoms with Gasteiger partial charge < -0.3 is 27.8 Å². The normalized spacial score (nSPS) is 10.5. The van der Waals surface area contributed by atoms with E-state index in [-0.39, 0.29) is 0 Å². The van der Waals surface area contributed by atoms with Gasteiger partial charge in [0.2, 0.25) is 0 Å². The van der Waals surface area contributed by atoms with Gasteiger partial charge in [-0.2, -0.15) is 0 Å². The van der Waals surface area contributed by atoms with E-state index in [1.54, 1.807) is 0 Å². The van der Waals surface area contributed by atoms with E-state index < -0.39 is 8.60 Å². The number of benzene rings is 3. The molecule has 0 bridgehead atoms. The molecule has 164 valence electrons. The van der Waals surface area contributed by atoms with E-state index in [0.717, 1.165) is 0 Å². The maximum atomic E-state index is 6.16. The molecule has 0 N–H and O–H groups in total. The summed E-state index contributed by atoms with van der Waals surface area (Å²) in [6.07, 6.45) is 0. The highest BCUT2D eigenvalue weighted by Gasteiger charge is 2.25. The van der Waals surface area contributed by atoms with E-state index >= 15 is 0 Å². The van der Waals surface area contributed by atoms with Crippen LogP contribution in [-0.4, -0.2) is 19.8 Å². The lowest BCUT2D eigenvalue weighted by Crippen LogP contribution is -2.06. The van der Waals surface area contributed by atoms with Crippen LogP contribution >= 0.6 is 8.60 Å². The van der Waals surface area contributed by atoms with Crippen molar-refractivity contribution in [3.05, 3.63) is 72.8 Å². The highest BCUT2D eigenvalue weighted by Crippen LogP contribution is 2.48. The molecule has 0 unspecified atom stereocenters. The van der Waals surface area contributed by atoms with Crippen molar-refractivity contribution < 1.29 is 27.8 Å². The van der Waals surface area contributed by atoms with E-state index in [2.05, 4.69) is 0 Å². The lowest BCUT2D eigenvalue weighted by atomic mass is 10.3. The number of hydrogen-bond donors (Lipinski definition) is 0. The monoisotopic (exact) mass is 442 g/mol. The van der Waals surface area contributed by atoms with Crippen LogP contribution in [0.1, 0.15) is 20.8 Å². The van der Waals surface area contributed by atoms with Crippen molar-refractivity contribution in [3.63, 3.8) is 0 Å². The van der Waals surface area contributed by atoms with E-state index in [4.69, 9.17) is 27.8 Å². The van der Waals surface area contributed by atoms with Crippen LogP contribution in [0.4, 0.5) is 0 Å². The van der Waals surface area contributed by atoms with Gasteiger partial charge in [0, 0.05) is 0 Å². The summed E-state index contributed by atoms with van der Waals surface area (Å²) < 4.78 is 35.5. The Morgan fingerprint density at radius 2 is 0.710 bits per heavy atom. The second-order valence-electron chi connectivity index (χ2n) is 6.14. The van der Waals surface area contributed by atoms with Crippen molar-refractivity contribution in [2.45, 2.75) is 20.8 Å². The summed E-state index contributed by atoms with van der Waals surface area (Å²) >= 11 is 0. The summed E-state index contributed by atoms with van der Waals surface area (Å²) in [5, 5.41) is 0. The molecule has 0 amide bonds. The molecule has 3 aromatic carbocycles. The molecule has 7 heteroatoms. The predicted molar refractivity (Wildman–Crippen MR) is 122 cm³/mol. The highest BCUT2D eigenvalue weighted by molar-refractivity contribution is 7.43. The number of rotatable bonds is 12. The first kappa shape index (κ1) is 22.6. The smallest absolute Gasteiger partial charge is 0.490 e. The van der Waals surface area contributed by atoms with Gasteiger partial charge >= 0.3 is 8.60 Å². The lowest BCUT2D eigenvalue weighted by Gasteiger charge is -2.21. The van der Waals surface area contributed by atoms with Gasteiger partial charge in [-0.1, -0.05) is 36.4 Å². The van der Waals surface area contributed by atoms with Crippen LogP contribution in [0.15, 0.2) is 72.8 Å². The van der Waals surface area contributed by atoms with Gasteiger partial charge in [-0.25, -0.2) is 0 Å². The molecule has 6 nitrogen and oxygen atoms in total. The Balaban J connectivity index is 1.91. The molecule has 0 saturated carbocycles. The van der Waals surface area contributed by atoms with Crippen LogP contribution in [0.3, 0.4) is 0 Å². The zero-order valence-electron chi connectivity index (χ0n) is 17.9. The molecule has 31 heavy (non-hydrogen) atoms. The third-order valence-electron chi connectivity index (χ3n) is 3.97. The third-order valence-corrected chi connectivity index (χ3v) is 5.00. The second-order valence-corrected chi connectivity index (χ2v) is 7.13. The Kier molecular flexibility index (Phi) is 8.68. The molecule has 0 aliphatic heterocycles. The Hall–Kier alpha value is -3.11. The van der Waals surface area contributed by atoms with Crippen LogP contribution in [0.25, 0.3) is 0 Å². The van der Waals surface area contributed by atoms with E-state index in [1.165, 1.54) is 0 Å². The highest BCUT2D eigenvalue weighted by atomic mass is 31.2. The average Bonchev–Trinajstić information content (AvgIpc) is 2.78. The molecule has 0 spiro atoms. The lowest BCUT2D eigenvalue weighted by molar-refractivity contribution is 0.301. The van der Waals surface area contributed by atoms with Crippen molar-refractivity contribution >= 4 is 8.60 Å². The van der Waals surface area contributed by atoms with Crippen LogP contribution in [-0.2, 0) is 0 Å². The standard InChI is InChI=1S/C24H27O6P/c1-4-25-19-13-7-10-16-22(19)28-31(29-23-17-11-8-14-20(23)26-5-2)30-24-18-12-9-15-21(24)27-6-3/h7-18H,4-6H2,1-3H3. The van der Waals surface area contributed by atoms with Gasteiger partial charge in [0.15, 0.2) is 34.5 Å². The fourth-order valence-corrected chi connectivity index (χ4v) is 3.74. The Labute approximate surface area is 184 Å². The minimum atomic E-state index is -1.91. The van der Waals surface area contributed by atoms with Gasteiger partial charge in [0.25, 0.3) is 0 Å². The van der Waals surface area contributed by atoms with Crippen molar-refractivity contribution in [1.29, 1.82) is 0 Å². The molecule has 0 atom stereocenters. The Bertz CT molecular complexity index is 826. The van der Waals surface area contributed by atoms with E-state index in [0.29, 0.717) is 54.3 Å². The van der Waals surface area contributed by atoms with Crippen LogP contribution in [0.2, 0.25) is 0 Å². The first-order valence-corrected chi connectivity index (χ1v) is 11.3. The maximum absolute atomic E-state index is 6.16. The first-order chi connectivity index (χ1) is 15.2. The van der Waals surface area contributed by atoms with E-state index in [9.17, 15) is 0 Å². The summed E-state index contributed by atoms with van der Waals surface area (Å²) in [7, 11) is -1.91. The zero-order valence-corrected chi connectivity index (χ0v) is 18.8. The minimum absolute atomic E-state index is 0.514. The van der Waals surface area contributed by atoms with Crippen molar-refractivity contribution in [2.75, 3.05) is 19.8 Å². The molecule has 0 fully saturated rings. The average molecular weight is 442 g/mol. The molecule has 3 rings (SSSR count). The fraction of sp³-hybridized carbons (Fsp3) is 0.250. The topological polar surface area (TPSA) is 55.4 Å². The molecule has 0 radical (unpaired) electrons. The summed E-state index contributed by atoms with van der Waals surface area (Å²) in [5.74, 6) is 3.41. The van der Waals surface area contributed by atoms with E-state index in [1.807, 2.05) is 93.6 Å². The molecule has 0 aliphatic rings. The quantitative estimate of drug-likeness (QED) is 0.293. The Morgan fingerprint density at radius 1 is 0.452 bits per heavy atom. The molecular weight excluding hydrogens is 415 g/mol. The largest absolute Gasteiger partial charge is 0.530 e. The fourth-order valence-electron chi connectivity index (χ4n) is 2.70. The maximum Gasteiger partial charge on any atom is 0.530 e. The van der Waals surface area contributed by atoms with Crippen LogP contribution in [0.5, 0.6) is 34.5 Å². The Morgan fingerprint density at radius 3 is 0.968 bits per heavy atom. The summed E-state index contributed by atoms with van der Waals surface area (Å²) in [5.41, 5.74) is 0. The number of para-hydroxylation sites is 6.